The standard InChI is InChI=1S/C17H20N6/c1-10-6-5-7-11(2)15(10)23(4)9-13-8-19-16-14(21-13)12(3)20-17(18)22-16/h5-8H,9H2,1-4H3,(H2,18,19,20,22). The Morgan fingerprint density at radius 1 is 1.04 bits per heavy atom. The minimum absolute atomic E-state index is 0.227. The van der Waals surface area contributed by atoms with E-state index < -0.39 is 0 Å². The summed E-state index contributed by atoms with van der Waals surface area (Å²) in [5, 5.41) is 0. The van der Waals surface area contributed by atoms with Crippen molar-refractivity contribution in [3.8, 4) is 0 Å². The molecule has 0 unspecified atom stereocenters. The van der Waals surface area contributed by atoms with Crippen LogP contribution in [0.1, 0.15) is 22.5 Å². The van der Waals surface area contributed by atoms with Gasteiger partial charge in [-0.2, -0.15) is 4.98 Å². The summed E-state index contributed by atoms with van der Waals surface area (Å²) in [6.07, 6.45) is 1.75. The molecule has 1 aromatic carbocycles. The smallest absolute Gasteiger partial charge is 0.222 e. The maximum Gasteiger partial charge on any atom is 0.222 e. The van der Waals surface area contributed by atoms with Crippen LogP contribution in [-0.2, 0) is 6.54 Å². The lowest BCUT2D eigenvalue weighted by atomic mass is 10.1. The lowest BCUT2D eigenvalue weighted by Gasteiger charge is -2.23. The van der Waals surface area contributed by atoms with Gasteiger partial charge in [0, 0.05) is 12.7 Å². The van der Waals surface area contributed by atoms with E-state index in [1.165, 1.54) is 16.8 Å². The van der Waals surface area contributed by atoms with Crippen LogP contribution in [0.3, 0.4) is 0 Å². The number of anilines is 2. The molecule has 3 rings (SSSR count). The first-order valence-electron chi connectivity index (χ1n) is 7.49. The highest BCUT2D eigenvalue weighted by Gasteiger charge is 2.11. The van der Waals surface area contributed by atoms with Crippen LogP contribution in [0.15, 0.2) is 24.4 Å². The highest BCUT2D eigenvalue weighted by molar-refractivity contribution is 5.73. The van der Waals surface area contributed by atoms with Gasteiger partial charge >= 0.3 is 0 Å². The number of hydrogen-bond acceptors (Lipinski definition) is 6. The summed E-state index contributed by atoms with van der Waals surface area (Å²) >= 11 is 0. The number of para-hydroxylation sites is 1. The molecule has 2 heterocycles. The van der Waals surface area contributed by atoms with Crippen LogP contribution < -0.4 is 10.6 Å². The van der Waals surface area contributed by atoms with E-state index in [1.54, 1.807) is 6.20 Å². The normalized spacial score (nSPS) is 11.0. The molecule has 3 aromatic rings. The molecule has 0 bridgehead atoms. The second-order valence-electron chi connectivity index (χ2n) is 5.80. The molecule has 0 fully saturated rings. The maximum atomic E-state index is 5.65. The zero-order valence-corrected chi connectivity index (χ0v) is 13.8. The minimum atomic E-state index is 0.227. The monoisotopic (exact) mass is 308 g/mol. The van der Waals surface area contributed by atoms with E-state index in [4.69, 9.17) is 5.73 Å². The molecule has 2 N–H and O–H groups in total. The average molecular weight is 308 g/mol. The Hall–Kier alpha value is -2.76. The third-order valence-electron chi connectivity index (χ3n) is 3.87. The van der Waals surface area contributed by atoms with Crippen molar-refractivity contribution in [1.29, 1.82) is 0 Å². The molecule has 0 radical (unpaired) electrons. The summed E-state index contributed by atoms with van der Waals surface area (Å²) in [7, 11) is 2.06. The van der Waals surface area contributed by atoms with Crippen LogP contribution in [0.25, 0.3) is 11.2 Å². The van der Waals surface area contributed by atoms with Crippen molar-refractivity contribution in [2.45, 2.75) is 27.3 Å². The van der Waals surface area contributed by atoms with Crippen molar-refractivity contribution in [3.63, 3.8) is 0 Å². The zero-order valence-electron chi connectivity index (χ0n) is 13.8. The first-order valence-corrected chi connectivity index (χ1v) is 7.49. The van der Waals surface area contributed by atoms with Gasteiger partial charge in [0.25, 0.3) is 0 Å². The molecule has 0 aliphatic rings. The van der Waals surface area contributed by atoms with E-state index in [9.17, 15) is 0 Å². The quantitative estimate of drug-likeness (QED) is 0.801. The third-order valence-corrected chi connectivity index (χ3v) is 3.87. The van der Waals surface area contributed by atoms with Crippen molar-refractivity contribution in [2.24, 2.45) is 0 Å². The Morgan fingerprint density at radius 3 is 2.43 bits per heavy atom. The van der Waals surface area contributed by atoms with Gasteiger partial charge in [0.15, 0.2) is 5.65 Å². The molecule has 118 valence electrons. The largest absolute Gasteiger partial charge is 0.368 e. The molecule has 0 aliphatic carbocycles. The Kier molecular flexibility index (Phi) is 3.82. The first-order chi connectivity index (χ1) is 11.0. The first kappa shape index (κ1) is 15.1. The van der Waals surface area contributed by atoms with E-state index in [-0.39, 0.29) is 5.95 Å². The minimum Gasteiger partial charge on any atom is -0.368 e. The number of aromatic nitrogens is 4. The van der Waals surface area contributed by atoms with Gasteiger partial charge in [-0.05, 0) is 31.9 Å². The van der Waals surface area contributed by atoms with Crippen LogP contribution >= 0.6 is 0 Å². The van der Waals surface area contributed by atoms with Gasteiger partial charge in [0.1, 0.15) is 5.52 Å². The Labute approximate surface area is 135 Å². The van der Waals surface area contributed by atoms with Crippen molar-refractivity contribution >= 4 is 22.8 Å². The molecule has 6 heteroatoms. The molecule has 6 nitrogen and oxygen atoms in total. The van der Waals surface area contributed by atoms with E-state index in [0.29, 0.717) is 17.7 Å². The summed E-state index contributed by atoms with van der Waals surface area (Å²) in [5.41, 5.74) is 12.2. The highest BCUT2D eigenvalue weighted by atomic mass is 15.1. The fraction of sp³-hybridized carbons (Fsp3) is 0.294. The summed E-state index contributed by atoms with van der Waals surface area (Å²) in [6.45, 7) is 6.77. The molecular weight excluding hydrogens is 288 g/mol. The number of fused-ring (bicyclic) bond motifs is 1. The number of nitrogen functional groups attached to an aromatic ring is 1. The second kappa shape index (κ2) is 5.79. The number of hydrogen-bond donors (Lipinski definition) is 1. The summed E-state index contributed by atoms with van der Waals surface area (Å²) in [6, 6.07) is 6.31. The predicted molar refractivity (Wildman–Crippen MR) is 92.3 cm³/mol. The SMILES string of the molecule is Cc1cccc(C)c1N(C)Cc1cnc2nc(N)nc(C)c2n1. The van der Waals surface area contributed by atoms with Crippen LogP contribution in [0, 0.1) is 20.8 Å². The van der Waals surface area contributed by atoms with Crippen molar-refractivity contribution in [2.75, 3.05) is 17.7 Å². The van der Waals surface area contributed by atoms with Crippen molar-refractivity contribution in [1.82, 2.24) is 19.9 Å². The molecule has 2 aromatic heterocycles. The van der Waals surface area contributed by atoms with E-state index >= 15 is 0 Å². The zero-order chi connectivity index (χ0) is 16.6. The molecule has 0 spiro atoms. The predicted octanol–water partition coefficient (Wildman–Crippen LogP) is 2.56. The highest BCUT2D eigenvalue weighted by Crippen LogP contribution is 2.24. The topological polar surface area (TPSA) is 80.8 Å². The Balaban J connectivity index is 1.95. The van der Waals surface area contributed by atoms with Crippen molar-refractivity contribution < 1.29 is 0 Å². The maximum absolute atomic E-state index is 5.65. The summed E-state index contributed by atoms with van der Waals surface area (Å²) < 4.78 is 0. The number of aryl methyl sites for hydroxylation is 3. The van der Waals surface area contributed by atoms with Crippen molar-refractivity contribution in [3.05, 3.63) is 46.9 Å². The number of nitrogens with zero attached hydrogens (tertiary/aromatic N) is 5. The molecule has 0 saturated carbocycles. The fourth-order valence-corrected chi connectivity index (χ4v) is 2.91. The Bertz CT molecular complexity index is 854. The summed E-state index contributed by atoms with van der Waals surface area (Å²) in [5.74, 6) is 0.227. The third kappa shape index (κ3) is 2.92. The lowest BCUT2D eigenvalue weighted by Crippen LogP contribution is -2.19. The number of nitrogens with two attached hydrogens (primary N) is 1. The molecule has 0 amide bonds. The van der Waals surface area contributed by atoms with Crippen LogP contribution in [0.2, 0.25) is 0 Å². The average Bonchev–Trinajstić information content (AvgIpc) is 2.47. The van der Waals surface area contributed by atoms with Gasteiger partial charge in [0.2, 0.25) is 5.95 Å². The molecule has 0 saturated heterocycles. The lowest BCUT2D eigenvalue weighted by molar-refractivity contribution is 0.872. The van der Waals surface area contributed by atoms with Gasteiger partial charge in [-0.3, -0.25) is 0 Å². The fourth-order valence-electron chi connectivity index (χ4n) is 2.91. The van der Waals surface area contributed by atoms with Crippen LogP contribution in [0.5, 0.6) is 0 Å². The number of rotatable bonds is 3. The molecule has 0 atom stereocenters. The number of benzene rings is 1. The van der Waals surface area contributed by atoms with Gasteiger partial charge < -0.3 is 10.6 Å². The van der Waals surface area contributed by atoms with E-state index in [2.05, 4.69) is 63.9 Å². The van der Waals surface area contributed by atoms with Gasteiger partial charge in [0.05, 0.1) is 24.1 Å². The Morgan fingerprint density at radius 2 is 1.74 bits per heavy atom. The summed E-state index contributed by atoms with van der Waals surface area (Å²) in [4.78, 5) is 19.5. The van der Waals surface area contributed by atoms with E-state index in [0.717, 1.165) is 11.4 Å². The van der Waals surface area contributed by atoms with Gasteiger partial charge in [-0.25, -0.2) is 15.0 Å². The molecular formula is C17H20N6. The van der Waals surface area contributed by atoms with E-state index in [1.807, 2.05) is 6.92 Å². The van der Waals surface area contributed by atoms with Crippen LogP contribution in [-0.4, -0.2) is 27.0 Å². The van der Waals surface area contributed by atoms with Gasteiger partial charge in [-0.1, -0.05) is 18.2 Å². The second-order valence-corrected chi connectivity index (χ2v) is 5.80. The van der Waals surface area contributed by atoms with Crippen LogP contribution in [0.4, 0.5) is 11.6 Å². The molecule has 23 heavy (non-hydrogen) atoms. The van der Waals surface area contributed by atoms with Gasteiger partial charge in [-0.15, -0.1) is 0 Å². The molecule has 0 aliphatic heterocycles.